The molecule has 4 aromatic rings. The Morgan fingerprint density at radius 2 is 1.61 bits per heavy atom. The number of rotatable bonds is 8. The van der Waals surface area contributed by atoms with E-state index in [-0.39, 0.29) is 11.7 Å². The molecule has 0 spiro atoms. The van der Waals surface area contributed by atoms with Crippen LogP contribution in [0.2, 0.25) is 5.02 Å². The molecule has 1 aromatic heterocycles. The number of carbonyl (C=O) groups excluding carboxylic acids is 1. The molecular formula is C25H22ClN3O3S. The van der Waals surface area contributed by atoms with Crippen molar-refractivity contribution in [2.45, 2.75) is 5.16 Å². The van der Waals surface area contributed by atoms with E-state index >= 15 is 0 Å². The van der Waals surface area contributed by atoms with Crippen LogP contribution in [-0.4, -0.2) is 35.4 Å². The molecule has 3 aromatic carbocycles. The van der Waals surface area contributed by atoms with Crippen molar-refractivity contribution in [3.8, 4) is 28.4 Å². The number of thioether (sulfide) groups is 1. The second-order valence-corrected chi connectivity index (χ2v) is 8.37. The van der Waals surface area contributed by atoms with Crippen LogP contribution < -0.4 is 14.8 Å². The molecule has 0 aliphatic rings. The zero-order valence-electron chi connectivity index (χ0n) is 18.1. The molecule has 0 aliphatic carbocycles. The number of carbonyl (C=O) groups is 1. The highest BCUT2D eigenvalue weighted by atomic mass is 35.5. The summed E-state index contributed by atoms with van der Waals surface area (Å²) in [7, 11) is 3.27. The smallest absolute Gasteiger partial charge is 0.234 e. The number of benzene rings is 3. The lowest BCUT2D eigenvalue weighted by molar-refractivity contribution is -0.113. The van der Waals surface area contributed by atoms with Gasteiger partial charge in [0.1, 0.15) is 11.5 Å². The number of hydrogen-bond acceptors (Lipinski definition) is 5. The van der Waals surface area contributed by atoms with E-state index in [1.54, 1.807) is 26.4 Å². The van der Waals surface area contributed by atoms with Gasteiger partial charge in [0, 0.05) is 17.4 Å². The molecule has 0 saturated heterocycles. The summed E-state index contributed by atoms with van der Waals surface area (Å²) < 4.78 is 12.5. The summed E-state index contributed by atoms with van der Waals surface area (Å²) in [6, 6.07) is 22.5. The molecule has 0 radical (unpaired) electrons. The molecule has 0 unspecified atom stereocenters. The van der Waals surface area contributed by atoms with E-state index in [0.29, 0.717) is 15.9 Å². The minimum atomic E-state index is -0.164. The van der Waals surface area contributed by atoms with Crippen LogP contribution in [0.4, 0.5) is 5.69 Å². The third kappa shape index (κ3) is 5.50. The average Bonchev–Trinajstić information content (AvgIpc) is 3.28. The fourth-order valence-corrected chi connectivity index (χ4v) is 4.15. The highest BCUT2D eigenvalue weighted by molar-refractivity contribution is 7.99. The molecule has 0 atom stereocenters. The molecule has 6 nitrogen and oxygen atoms in total. The first-order chi connectivity index (χ1) is 16.1. The lowest BCUT2D eigenvalue weighted by atomic mass is 10.1. The number of anilines is 1. The zero-order chi connectivity index (χ0) is 23.2. The monoisotopic (exact) mass is 479 g/mol. The largest absolute Gasteiger partial charge is 0.497 e. The van der Waals surface area contributed by atoms with E-state index in [9.17, 15) is 4.79 Å². The number of nitrogens with zero attached hydrogens (tertiary/aromatic N) is 2. The molecule has 33 heavy (non-hydrogen) atoms. The first-order valence-electron chi connectivity index (χ1n) is 10.1. The number of aromatic nitrogens is 2. The van der Waals surface area contributed by atoms with Crippen LogP contribution in [0.1, 0.15) is 0 Å². The van der Waals surface area contributed by atoms with Crippen LogP contribution in [-0.2, 0) is 4.79 Å². The van der Waals surface area contributed by atoms with Crippen molar-refractivity contribution in [1.29, 1.82) is 0 Å². The maximum Gasteiger partial charge on any atom is 0.234 e. The quantitative estimate of drug-likeness (QED) is 0.317. The van der Waals surface area contributed by atoms with Crippen LogP contribution in [0.5, 0.6) is 11.5 Å². The second kappa shape index (κ2) is 10.5. The van der Waals surface area contributed by atoms with E-state index < -0.39 is 0 Å². The standard InChI is InChI=1S/C25H22ClN3O3S/c1-31-19-11-7-17(8-12-19)23-15-29(18-9-13-20(32-2)14-10-18)25(28-23)33-16-24(30)27-22-6-4-3-5-21(22)26/h3-15H,16H2,1-2H3,(H,27,30). The van der Waals surface area contributed by atoms with Crippen molar-refractivity contribution in [2.75, 3.05) is 25.3 Å². The first-order valence-corrected chi connectivity index (χ1v) is 11.5. The van der Waals surface area contributed by atoms with Crippen LogP contribution in [0.25, 0.3) is 16.9 Å². The maximum atomic E-state index is 12.6. The predicted octanol–water partition coefficient (Wildman–Crippen LogP) is 5.94. The van der Waals surface area contributed by atoms with Gasteiger partial charge in [-0.2, -0.15) is 0 Å². The molecule has 0 saturated carbocycles. The first kappa shape index (κ1) is 22.8. The molecule has 4 rings (SSSR count). The summed E-state index contributed by atoms with van der Waals surface area (Å²) in [5.74, 6) is 1.56. The summed E-state index contributed by atoms with van der Waals surface area (Å²) in [6.07, 6.45) is 1.96. The Morgan fingerprint density at radius 1 is 0.970 bits per heavy atom. The Labute approximate surface area is 201 Å². The Balaban J connectivity index is 1.59. The Hall–Kier alpha value is -3.42. The summed E-state index contributed by atoms with van der Waals surface area (Å²) in [5, 5.41) is 4.04. The van der Waals surface area contributed by atoms with Gasteiger partial charge in [0.05, 0.1) is 36.4 Å². The Kier molecular flexibility index (Phi) is 7.22. The number of methoxy groups -OCH3 is 2. The highest BCUT2D eigenvalue weighted by Crippen LogP contribution is 2.29. The maximum absolute atomic E-state index is 12.6. The number of halogens is 1. The highest BCUT2D eigenvalue weighted by Gasteiger charge is 2.15. The van der Waals surface area contributed by atoms with E-state index in [0.717, 1.165) is 28.4 Å². The van der Waals surface area contributed by atoms with Gasteiger partial charge in [-0.15, -0.1) is 0 Å². The van der Waals surface area contributed by atoms with Crippen LogP contribution in [0.3, 0.4) is 0 Å². The van der Waals surface area contributed by atoms with Gasteiger partial charge in [-0.3, -0.25) is 9.36 Å². The number of imidazole rings is 1. The lowest BCUT2D eigenvalue weighted by Gasteiger charge is -2.09. The van der Waals surface area contributed by atoms with E-state index in [1.165, 1.54) is 11.8 Å². The average molecular weight is 480 g/mol. The molecule has 1 N–H and O–H groups in total. The number of ether oxygens (including phenoxy) is 2. The normalized spacial score (nSPS) is 10.6. The third-order valence-electron chi connectivity index (χ3n) is 4.89. The Bertz CT molecular complexity index is 1240. The molecule has 1 heterocycles. The van der Waals surface area contributed by atoms with Crippen molar-refractivity contribution in [3.63, 3.8) is 0 Å². The van der Waals surface area contributed by atoms with Crippen molar-refractivity contribution in [3.05, 3.63) is 84.0 Å². The zero-order valence-corrected chi connectivity index (χ0v) is 19.7. The number of nitrogens with one attached hydrogen (secondary N) is 1. The van der Waals surface area contributed by atoms with E-state index in [4.69, 9.17) is 26.1 Å². The van der Waals surface area contributed by atoms with Crippen LogP contribution >= 0.6 is 23.4 Å². The van der Waals surface area contributed by atoms with Crippen molar-refractivity contribution in [2.24, 2.45) is 0 Å². The van der Waals surface area contributed by atoms with Gasteiger partial charge >= 0.3 is 0 Å². The summed E-state index contributed by atoms with van der Waals surface area (Å²) >= 11 is 7.50. The molecule has 0 bridgehead atoms. The number of amides is 1. The van der Waals surface area contributed by atoms with Crippen LogP contribution in [0, 0.1) is 0 Å². The van der Waals surface area contributed by atoms with Gasteiger partial charge in [-0.05, 0) is 60.7 Å². The molecular weight excluding hydrogens is 458 g/mol. The van der Waals surface area contributed by atoms with Crippen molar-refractivity contribution < 1.29 is 14.3 Å². The number of hydrogen-bond donors (Lipinski definition) is 1. The number of para-hydroxylation sites is 1. The SMILES string of the molecule is COc1ccc(-c2cn(-c3ccc(OC)cc3)c(SCC(=O)Nc3ccccc3Cl)n2)cc1. The molecule has 1 amide bonds. The minimum absolute atomic E-state index is 0.164. The summed E-state index contributed by atoms with van der Waals surface area (Å²) in [5.41, 5.74) is 3.24. The van der Waals surface area contributed by atoms with Gasteiger partial charge < -0.3 is 14.8 Å². The van der Waals surface area contributed by atoms with Gasteiger partial charge in [0.2, 0.25) is 5.91 Å². The van der Waals surface area contributed by atoms with E-state index in [2.05, 4.69) is 5.32 Å². The van der Waals surface area contributed by atoms with Gasteiger partial charge in [-0.25, -0.2) is 4.98 Å². The van der Waals surface area contributed by atoms with E-state index in [1.807, 2.05) is 71.4 Å². The third-order valence-corrected chi connectivity index (χ3v) is 6.17. The molecule has 8 heteroatoms. The van der Waals surface area contributed by atoms with Gasteiger partial charge in [0.15, 0.2) is 5.16 Å². The summed E-state index contributed by atoms with van der Waals surface area (Å²) in [6.45, 7) is 0. The second-order valence-electron chi connectivity index (χ2n) is 7.02. The fourth-order valence-electron chi connectivity index (χ4n) is 3.17. The fraction of sp³-hybridized carbons (Fsp3) is 0.120. The minimum Gasteiger partial charge on any atom is -0.497 e. The Morgan fingerprint density at radius 3 is 2.24 bits per heavy atom. The van der Waals surface area contributed by atoms with Gasteiger partial charge in [-0.1, -0.05) is 35.5 Å². The molecule has 0 aliphatic heterocycles. The lowest BCUT2D eigenvalue weighted by Crippen LogP contribution is -2.14. The molecule has 0 fully saturated rings. The predicted molar refractivity (Wildman–Crippen MR) is 133 cm³/mol. The molecule has 168 valence electrons. The van der Waals surface area contributed by atoms with Gasteiger partial charge in [0.25, 0.3) is 0 Å². The topological polar surface area (TPSA) is 65.4 Å². The van der Waals surface area contributed by atoms with Crippen LogP contribution in [0.15, 0.2) is 84.1 Å². The summed E-state index contributed by atoms with van der Waals surface area (Å²) in [4.78, 5) is 17.4. The van der Waals surface area contributed by atoms with Crippen molar-refractivity contribution in [1.82, 2.24) is 9.55 Å². The van der Waals surface area contributed by atoms with Crippen molar-refractivity contribution >= 4 is 35.0 Å².